The lowest BCUT2D eigenvalue weighted by Crippen LogP contribution is -2.39. The number of carbonyl (C=O) groups excluding carboxylic acids is 1. The van der Waals surface area contributed by atoms with Crippen LogP contribution in [0.5, 0.6) is 5.75 Å². The van der Waals surface area contributed by atoms with Gasteiger partial charge >= 0.3 is 12.2 Å². The SMILES string of the molecule is C#CCN1C(=O)COc2cc(F)c(-n3c(=O)n(C(F)F)c4cccnc43)cc21. The van der Waals surface area contributed by atoms with E-state index in [2.05, 4.69) is 10.9 Å². The third kappa shape index (κ3) is 2.51. The van der Waals surface area contributed by atoms with E-state index in [1.54, 1.807) is 0 Å². The van der Waals surface area contributed by atoms with E-state index in [-0.39, 0.29) is 46.0 Å². The third-order valence-electron chi connectivity index (χ3n) is 4.29. The van der Waals surface area contributed by atoms with E-state index in [0.29, 0.717) is 0 Å². The maximum absolute atomic E-state index is 14.8. The monoisotopic (exact) mass is 388 g/mol. The van der Waals surface area contributed by atoms with Gasteiger partial charge in [0.15, 0.2) is 18.1 Å². The van der Waals surface area contributed by atoms with Crippen molar-refractivity contribution in [1.29, 1.82) is 0 Å². The fourth-order valence-corrected chi connectivity index (χ4v) is 3.10. The number of halogens is 3. The van der Waals surface area contributed by atoms with Crippen LogP contribution < -0.4 is 15.3 Å². The molecule has 142 valence electrons. The summed E-state index contributed by atoms with van der Waals surface area (Å²) < 4.78 is 47.8. The number of hydrogen-bond donors (Lipinski definition) is 0. The highest BCUT2D eigenvalue weighted by molar-refractivity contribution is 5.98. The van der Waals surface area contributed by atoms with Gasteiger partial charge in [-0.1, -0.05) is 5.92 Å². The molecular formula is C18H11F3N4O3. The van der Waals surface area contributed by atoms with Gasteiger partial charge in [-0.25, -0.2) is 23.3 Å². The zero-order chi connectivity index (χ0) is 20.0. The largest absolute Gasteiger partial charge is 0.481 e. The van der Waals surface area contributed by atoms with Crippen LogP contribution in [0, 0.1) is 18.2 Å². The van der Waals surface area contributed by atoms with Gasteiger partial charge in [-0.3, -0.25) is 9.69 Å². The molecule has 1 amide bonds. The second kappa shape index (κ2) is 6.45. The Balaban J connectivity index is 2.02. The van der Waals surface area contributed by atoms with Crippen molar-refractivity contribution < 1.29 is 22.7 Å². The van der Waals surface area contributed by atoms with Crippen molar-refractivity contribution in [3.63, 3.8) is 0 Å². The summed E-state index contributed by atoms with van der Waals surface area (Å²) in [6.45, 7) is -3.57. The second-order valence-corrected chi connectivity index (χ2v) is 5.86. The van der Waals surface area contributed by atoms with Gasteiger partial charge in [0.25, 0.3) is 5.91 Å². The number of imidazole rings is 1. The van der Waals surface area contributed by atoms with Gasteiger partial charge in [-0.15, -0.1) is 6.42 Å². The summed E-state index contributed by atoms with van der Waals surface area (Å²) >= 11 is 0. The number of aromatic nitrogens is 3. The van der Waals surface area contributed by atoms with Gasteiger partial charge in [0.1, 0.15) is 5.75 Å². The molecule has 1 aliphatic heterocycles. The molecule has 0 atom stereocenters. The molecule has 7 nitrogen and oxygen atoms in total. The molecule has 10 heteroatoms. The average molecular weight is 388 g/mol. The van der Waals surface area contributed by atoms with Crippen LogP contribution in [0.1, 0.15) is 6.55 Å². The maximum Gasteiger partial charge on any atom is 0.339 e. The van der Waals surface area contributed by atoms with Crippen LogP contribution in [0.25, 0.3) is 16.9 Å². The highest BCUT2D eigenvalue weighted by Crippen LogP contribution is 2.36. The molecule has 0 radical (unpaired) electrons. The van der Waals surface area contributed by atoms with Gasteiger partial charge in [-0.05, 0) is 18.2 Å². The van der Waals surface area contributed by atoms with Gasteiger partial charge in [-0.2, -0.15) is 8.78 Å². The molecule has 4 rings (SSSR count). The first kappa shape index (κ1) is 17.7. The lowest BCUT2D eigenvalue weighted by Gasteiger charge is -2.28. The molecule has 1 aliphatic rings. The first-order valence-electron chi connectivity index (χ1n) is 8.00. The van der Waals surface area contributed by atoms with Crippen LogP contribution in [0.2, 0.25) is 0 Å². The van der Waals surface area contributed by atoms with Crippen molar-refractivity contribution in [1.82, 2.24) is 14.1 Å². The quantitative estimate of drug-likeness (QED) is 0.645. The molecule has 3 aromatic rings. The second-order valence-electron chi connectivity index (χ2n) is 5.86. The molecule has 2 aromatic heterocycles. The third-order valence-corrected chi connectivity index (χ3v) is 4.29. The van der Waals surface area contributed by atoms with E-state index < -0.39 is 24.0 Å². The Labute approximate surface area is 155 Å². The first-order valence-corrected chi connectivity index (χ1v) is 8.00. The van der Waals surface area contributed by atoms with Gasteiger partial charge in [0, 0.05) is 12.3 Å². The van der Waals surface area contributed by atoms with Crippen LogP contribution in [0.4, 0.5) is 18.9 Å². The minimum absolute atomic E-state index is 0.0507. The van der Waals surface area contributed by atoms with Crippen molar-refractivity contribution in [2.45, 2.75) is 6.55 Å². The number of pyridine rings is 1. The number of fused-ring (bicyclic) bond motifs is 2. The number of carbonyl (C=O) groups is 1. The molecule has 0 fully saturated rings. The van der Waals surface area contributed by atoms with Crippen molar-refractivity contribution in [3.8, 4) is 23.8 Å². The summed E-state index contributed by atoms with van der Waals surface area (Å²) in [6.07, 6.45) is 6.58. The van der Waals surface area contributed by atoms with E-state index in [0.717, 1.165) is 16.7 Å². The molecule has 0 unspecified atom stereocenters. The zero-order valence-electron chi connectivity index (χ0n) is 14.1. The van der Waals surface area contributed by atoms with Crippen LogP contribution in [-0.2, 0) is 4.79 Å². The Morgan fingerprint density at radius 3 is 2.79 bits per heavy atom. The molecule has 3 heterocycles. The molecule has 0 N–H and O–H groups in total. The Kier molecular flexibility index (Phi) is 4.07. The fourth-order valence-electron chi connectivity index (χ4n) is 3.10. The maximum atomic E-state index is 14.8. The first-order chi connectivity index (χ1) is 13.4. The number of alkyl halides is 2. The standard InChI is InChI=1S/C18H11F3N4O3/c1-2-6-23-13-8-12(10(19)7-14(13)28-9-15(23)26)24-16-11(4-3-5-22-16)25(17(20)21)18(24)27/h1,3-5,7-8,17H,6,9H2. The van der Waals surface area contributed by atoms with E-state index in [1.807, 2.05) is 0 Å². The zero-order valence-corrected chi connectivity index (χ0v) is 14.1. The molecule has 0 saturated heterocycles. The smallest absolute Gasteiger partial charge is 0.339 e. The Hall–Kier alpha value is -3.74. The lowest BCUT2D eigenvalue weighted by molar-refractivity contribution is -0.121. The summed E-state index contributed by atoms with van der Waals surface area (Å²) in [5.41, 5.74) is -1.71. The average Bonchev–Trinajstić information content (AvgIpc) is 2.96. The summed E-state index contributed by atoms with van der Waals surface area (Å²) in [5, 5.41) is 0. The molecule has 0 saturated carbocycles. The molecule has 0 spiro atoms. The van der Waals surface area contributed by atoms with Crippen LogP contribution in [-0.4, -0.2) is 33.2 Å². The fraction of sp³-hybridized carbons (Fsp3) is 0.167. The van der Waals surface area contributed by atoms with Crippen molar-refractivity contribution in [3.05, 3.63) is 46.8 Å². The van der Waals surface area contributed by atoms with Crippen LogP contribution >= 0.6 is 0 Å². The molecule has 1 aromatic carbocycles. The number of benzene rings is 1. The van der Waals surface area contributed by atoms with Gasteiger partial charge < -0.3 is 4.74 Å². The lowest BCUT2D eigenvalue weighted by atomic mass is 10.2. The number of rotatable bonds is 3. The number of anilines is 1. The Bertz CT molecular complexity index is 1210. The summed E-state index contributed by atoms with van der Waals surface area (Å²) in [6, 6.07) is 4.79. The summed E-state index contributed by atoms with van der Waals surface area (Å²) in [5.74, 6) is 1.00. The van der Waals surface area contributed by atoms with Crippen LogP contribution in [0.15, 0.2) is 35.3 Å². The van der Waals surface area contributed by atoms with Crippen LogP contribution in [0.3, 0.4) is 0 Å². The normalized spacial score (nSPS) is 13.5. The Morgan fingerprint density at radius 1 is 1.29 bits per heavy atom. The number of amides is 1. The number of nitrogens with zero attached hydrogens (tertiary/aromatic N) is 4. The topological polar surface area (TPSA) is 69.4 Å². The van der Waals surface area contributed by atoms with Crippen molar-refractivity contribution in [2.24, 2.45) is 0 Å². The highest BCUT2D eigenvalue weighted by Gasteiger charge is 2.29. The van der Waals surface area contributed by atoms with Gasteiger partial charge in [0.05, 0.1) is 23.4 Å². The van der Waals surface area contributed by atoms with Crippen molar-refractivity contribution >= 4 is 22.8 Å². The minimum atomic E-state index is -3.15. The van der Waals surface area contributed by atoms with E-state index in [9.17, 15) is 22.8 Å². The minimum Gasteiger partial charge on any atom is -0.481 e. The predicted molar refractivity (Wildman–Crippen MR) is 93.2 cm³/mol. The van der Waals surface area contributed by atoms with E-state index in [1.165, 1.54) is 23.2 Å². The Morgan fingerprint density at radius 2 is 2.07 bits per heavy atom. The highest BCUT2D eigenvalue weighted by atomic mass is 19.3. The molecule has 0 aliphatic carbocycles. The predicted octanol–water partition coefficient (Wildman–Crippen LogP) is 2.08. The van der Waals surface area contributed by atoms with E-state index in [4.69, 9.17) is 11.2 Å². The van der Waals surface area contributed by atoms with Crippen molar-refractivity contribution in [2.75, 3.05) is 18.1 Å². The molecule has 28 heavy (non-hydrogen) atoms. The van der Waals surface area contributed by atoms with E-state index >= 15 is 0 Å². The number of ether oxygens (including phenoxy) is 1. The summed E-state index contributed by atoms with van der Waals surface area (Å²) in [4.78, 5) is 29.8. The summed E-state index contributed by atoms with van der Waals surface area (Å²) in [7, 11) is 0. The molecule has 0 bridgehead atoms. The number of terminal acetylenes is 1. The number of hydrogen-bond acceptors (Lipinski definition) is 4. The molecular weight excluding hydrogens is 377 g/mol. The van der Waals surface area contributed by atoms with Gasteiger partial charge in [0.2, 0.25) is 0 Å².